The first-order chi connectivity index (χ1) is 16.8. The molecular weight excluding hydrogens is 464 g/mol. The van der Waals surface area contributed by atoms with E-state index >= 15 is 0 Å². The molecule has 3 aromatic heterocycles. The zero-order valence-corrected chi connectivity index (χ0v) is 20.2. The second-order valence-electron chi connectivity index (χ2n) is 8.72. The number of benzene rings is 2. The average Bonchev–Trinajstić information content (AvgIpc) is 3.17. The average molecular weight is 489 g/mol. The molecule has 0 radical (unpaired) electrons. The van der Waals surface area contributed by atoms with Gasteiger partial charge >= 0.3 is 0 Å². The largest absolute Gasteiger partial charge is 0.393 e. The normalized spacial score (nSPS) is 12.5. The molecule has 0 saturated carbocycles. The van der Waals surface area contributed by atoms with Crippen LogP contribution in [0.1, 0.15) is 30.3 Å². The zero-order valence-electron chi connectivity index (χ0n) is 19.4. The van der Waals surface area contributed by atoms with E-state index in [9.17, 15) is 9.90 Å². The Bertz CT molecular complexity index is 1620. The zero-order chi connectivity index (χ0) is 24.7. The molecule has 178 valence electrons. The van der Waals surface area contributed by atoms with Crippen LogP contribution in [0, 0.1) is 6.92 Å². The van der Waals surface area contributed by atoms with Crippen molar-refractivity contribution >= 4 is 39.2 Å². The van der Waals surface area contributed by atoms with Crippen molar-refractivity contribution in [2.24, 2.45) is 0 Å². The molecule has 35 heavy (non-hydrogen) atoms. The molecule has 0 amide bonds. The Balaban J connectivity index is 1.74. The van der Waals surface area contributed by atoms with Crippen molar-refractivity contribution in [2.75, 3.05) is 5.73 Å². The Morgan fingerprint density at radius 1 is 1.11 bits per heavy atom. The molecule has 5 rings (SSSR count). The van der Waals surface area contributed by atoms with Crippen LogP contribution in [-0.2, 0) is 13.0 Å². The topological polar surface area (TPSA) is 112 Å². The number of para-hydroxylation sites is 1. The summed E-state index contributed by atoms with van der Waals surface area (Å²) < 4.78 is 3.37. The number of aliphatic hydroxyl groups is 1. The van der Waals surface area contributed by atoms with Crippen LogP contribution in [0.2, 0.25) is 5.02 Å². The smallest absolute Gasteiger partial charge is 0.263 e. The highest BCUT2D eigenvalue weighted by molar-refractivity contribution is 6.32. The third-order valence-electron chi connectivity index (χ3n) is 6.17. The van der Waals surface area contributed by atoms with Crippen LogP contribution in [0.25, 0.3) is 27.5 Å². The van der Waals surface area contributed by atoms with Crippen LogP contribution in [-0.4, -0.2) is 35.5 Å². The van der Waals surface area contributed by atoms with Crippen LogP contribution >= 0.6 is 11.6 Å². The van der Waals surface area contributed by atoms with Gasteiger partial charge in [-0.1, -0.05) is 41.9 Å². The molecule has 0 saturated heterocycles. The van der Waals surface area contributed by atoms with Crippen molar-refractivity contribution in [3.8, 4) is 5.69 Å². The second kappa shape index (κ2) is 9.13. The number of hydrogen-bond acceptors (Lipinski definition) is 6. The molecule has 0 spiro atoms. The van der Waals surface area contributed by atoms with Crippen molar-refractivity contribution in [2.45, 2.75) is 39.3 Å². The molecule has 2 aromatic carbocycles. The Hall–Kier alpha value is -3.75. The molecule has 0 aliphatic carbocycles. The Morgan fingerprint density at radius 2 is 1.91 bits per heavy atom. The van der Waals surface area contributed by atoms with E-state index in [1.807, 2.05) is 49.4 Å². The van der Waals surface area contributed by atoms with E-state index in [1.54, 1.807) is 22.2 Å². The summed E-state index contributed by atoms with van der Waals surface area (Å²) in [7, 11) is 0. The van der Waals surface area contributed by atoms with Gasteiger partial charge in [0.25, 0.3) is 5.56 Å². The lowest BCUT2D eigenvalue weighted by molar-refractivity contribution is 0.184. The number of fused-ring (bicyclic) bond motifs is 2. The van der Waals surface area contributed by atoms with Crippen molar-refractivity contribution in [3.63, 3.8) is 0 Å². The molecular formula is C26H25ClN6O2. The number of rotatable bonds is 6. The lowest BCUT2D eigenvalue weighted by Crippen LogP contribution is -2.24. The lowest BCUT2D eigenvalue weighted by Gasteiger charge is -2.17. The molecule has 0 bridgehead atoms. The molecule has 1 atom stereocenters. The summed E-state index contributed by atoms with van der Waals surface area (Å²) in [5, 5.41) is 17.2. The Labute approximate surface area is 206 Å². The van der Waals surface area contributed by atoms with E-state index in [0.717, 1.165) is 10.9 Å². The molecule has 0 aliphatic rings. The van der Waals surface area contributed by atoms with E-state index in [2.05, 4.69) is 9.97 Å². The number of halogens is 1. The van der Waals surface area contributed by atoms with Gasteiger partial charge in [0, 0.05) is 5.69 Å². The number of pyridine rings is 1. The van der Waals surface area contributed by atoms with E-state index in [1.165, 1.54) is 6.33 Å². The van der Waals surface area contributed by atoms with Crippen LogP contribution in [0.4, 0.5) is 5.82 Å². The number of aliphatic hydroxyl groups excluding tert-OH is 1. The number of aromatic nitrogens is 5. The van der Waals surface area contributed by atoms with Gasteiger partial charge in [0.1, 0.15) is 12.1 Å². The summed E-state index contributed by atoms with van der Waals surface area (Å²) >= 11 is 6.54. The number of anilines is 1. The molecule has 9 heteroatoms. The minimum Gasteiger partial charge on any atom is -0.393 e. The summed E-state index contributed by atoms with van der Waals surface area (Å²) in [4.78, 5) is 22.4. The first-order valence-electron chi connectivity index (χ1n) is 11.4. The maximum absolute atomic E-state index is 13.8. The van der Waals surface area contributed by atoms with Gasteiger partial charge in [-0.3, -0.25) is 9.36 Å². The molecule has 0 unspecified atom stereocenters. The monoisotopic (exact) mass is 488 g/mol. The number of nitrogens with two attached hydrogens (primary N) is 1. The number of nitrogen functional groups attached to an aromatic ring is 1. The highest BCUT2D eigenvalue weighted by atomic mass is 35.5. The minimum atomic E-state index is -0.477. The van der Waals surface area contributed by atoms with Crippen molar-refractivity contribution in [1.82, 2.24) is 24.3 Å². The van der Waals surface area contributed by atoms with Gasteiger partial charge in [0.15, 0.2) is 5.65 Å². The van der Waals surface area contributed by atoms with Crippen molar-refractivity contribution < 1.29 is 5.11 Å². The van der Waals surface area contributed by atoms with Gasteiger partial charge in [-0.2, -0.15) is 5.10 Å². The quantitative estimate of drug-likeness (QED) is 0.373. The maximum Gasteiger partial charge on any atom is 0.263 e. The fraction of sp³-hybridized carbons (Fsp3) is 0.231. The van der Waals surface area contributed by atoms with E-state index in [4.69, 9.17) is 22.4 Å². The molecule has 8 nitrogen and oxygen atoms in total. The van der Waals surface area contributed by atoms with Gasteiger partial charge in [0.05, 0.1) is 39.8 Å². The second-order valence-corrected chi connectivity index (χ2v) is 9.12. The lowest BCUT2D eigenvalue weighted by atomic mass is 10.1. The Kier molecular flexibility index (Phi) is 6.00. The van der Waals surface area contributed by atoms with Crippen molar-refractivity contribution in [1.29, 1.82) is 0 Å². The maximum atomic E-state index is 13.8. The first kappa shape index (κ1) is 23.0. The molecule has 5 aromatic rings. The SMILES string of the molecule is Cc1cccc2cc(Cn3nc(CC[C@@H](C)O)c4c(N)ncnc43)n(-c3ccccc3Cl)c(=O)c12. The predicted octanol–water partition coefficient (Wildman–Crippen LogP) is 4.04. The molecule has 3 N–H and O–H groups in total. The summed E-state index contributed by atoms with van der Waals surface area (Å²) in [5.41, 5.74) is 9.51. The van der Waals surface area contributed by atoms with Crippen molar-refractivity contribution in [3.05, 3.63) is 87.2 Å². The minimum absolute atomic E-state index is 0.149. The number of hydrogen-bond donors (Lipinski definition) is 2. The van der Waals surface area contributed by atoms with E-state index in [0.29, 0.717) is 57.2 Å². The van der Waals surface area contributed by atoms with Gasteiger partial charge in [-0.05, 0) is 55.8 Å². The van der Waals surface area contributed by atoms with E-state index in [-0.39, 0.29) is 12.1 Å². The third-order valence-corrected chi connectivity index (χ3v) is 6.49. The highest BCUT2D eigenvalue weighted by Gasteiger charge is 2.20. The number of nitrogens with zero attached hydrogens (tertiary/aromatic N) is 5. The van der Waals surface area contributed by atoms with Crippen LogP contribution in [0.5, 0.6) is 0 Å². The highest BCUT2D eigenvalue weighted by Crippen LogP contribution is 2.27. The van der Waals surface area contributed by atoms with Crippen LogP contribution < -0.4 is 11.3 Å². The summed E-state index contributed by atoms with van der Waals surface area (Å²) in [6.45, 7) is 3.92. The standard InChI is InChI=1S/C26H25ClN6O2/c1-15-6-5-7-17-12-18(33(26(35)22(15)17)21-9-4-3-8-19(21)27)13-32-25-23(24(28)29-14-30-25)20(31-32)11-10-16(2)34/h3-9,12,14,16,34H,10-11,13H2,1-2H3,(H2,28,29,30)/t16-/m1/s1. The predicted molar refractivity (Wildman–Crippen MR) is 138 cm³/mol. The third kappa shape index (κ3) is 4.15. The summed E-state index contributed by atoms with van der Waals surface area (Å²) in [6.07, 6.45) is 1.97. The fourth-order valence-corrected chi connectivity index (χ4v) is 4.71. The van der Waals surface area contributed by atoms with Gasteiger partial charge < -0.3 is 10.8 Å². The van der Waals surface area contributed by atoms with Crippen LogP contribution in [0.15, 0.2) is 59.7 Å². The summed E-state index contributed by atoms with van der Waals surface area (Å²) in [5.74, 6) is 0.333. The van der Waals surface area contributed by atoms with E-state index < -0.39 is 6.10 Å². The molecule has 0 aliphatic heterocycles. The first-order valence-corrected chi connectivity index (χ1v) is 11.8. The number of aryl methyl sites for hydroxylation is 2. The van der Waals surface area contributed by atoms with Crippen LogP contribution in [0.3, 0.4) is 0 Å². The Morgan fingerprint density at radius 3 is 2.69 bits per heavy atom. The summed E-state index contributed by atoms with van der Waals surface area (Å²) in [6, 6.07) is 15.1. The molecule has 3 heterocycles. The fourth-order valence-electron chi connectivity index (χ4n) is 4.49. The van der Waals surface area contributed by atoms with Gasteiger partial charge in [-0.25, -0.2) is 14.6 Å². The van der Waals surface area contributed by atoms with Gasteiger partial charge in [-0.15, -0.1) is 0 Å². The van der Waals surface area contributed by atoms with Gasteiger partial charge in [0.2, 0.25) is 0 Å². The molecule has 0 fully saturated rings.